The van der Waals surface area contributed by atoms with Crippen molar-refractivity contribution in [3.05, 3.63) is 48.0 Å². The number of carbonyl (C=O) groups excluding carboxylic acids is 3. The van der Waals surface area contributed by atoms with Crippen molar-refractivity contribution in [2.45, 2.75) is 36.8 Å². The van der Waals surface area contributed by atoms with E-state index in [1.807, 2.05) is 37.3 Å². The first-order chi connectivity index (χ1) is 13.0. The Balaban J connectivity index is 1.66. The normalized spacial score (nSPS) is 15.5. The molecule has 0 radical (unpaired) electrons. The lowest BCUT2D eigenvalue weighted by Gasteiger charge is -2.23. The van der Waals surface area contributed by atoms with Crippen molar-refractivity contribution in [1.29, 1.82) is 0 Å². The Morgan fingerprint density at radius 3 is 2.67 bits per heavy atom. The smallest absolute Gasteiger partial charge is 0.238 e. The minimum atomic E-state index is -0.483. The molecule has 1 heterocycles. The number of amides is 3. The topological polar surface area (TPSA) is 87.3 Å². The van der Waals surface area contributed by atoms with Crippen LogP contribution in [0.15, 0.2) is 47.4 Å². The lowest BCUT2D eigenvalue weighted by molar-refractivity contribution is -0.120. The van der Waals surface area contributed by atoms with E-state index in [9.17, 15) is 14.4 Å². The van der Waals surface area contributed by atoms with Gasteiger partial charge < -0.3 is 16.0 Å². The third-order valence-electron chi connectivity index (χ3n) is 4.19. The summed E-state index contributed by atoms with van der Waals surface area (Å²) in [4.78, 5) is 37.3. The number of carbonyl (C=O) groups is 3. The van der Waals surface area contributed by atoms with Gasteiger partial charge in [0.05, 0.1) is 10.9 Å². The molecule has 2 aromatic carbocycles. The van der Waals surface area contributed by atoms with Crippen LogP contribution < -0.4 is 16.0 Å². The van der Waals surface area contributed by atoms with Gasteiger partial charge in [-0.15, -0.1) is 11.8 Å². The second-order valence-corrected chi connectivity index (χ2v) is 7.52. The molecule has 0 fully saturated rings. The van der Waals surface area contributed by atoms with Gasteiger partial charge in [-0.05, 0) is 36.8 Å². The quantitative estimate of drug-likeness (QED) is 0.733. The minimum absolute atomic E-state index is 0.0653. The van der Waals surface area contributed by atoms with Crippen molar-refractivity contribution in [3.63, 3.8) is 0 Å². The maximum Gasteiger partial charge on any atom is 0.238 e. The molecule has 140 valence electrons. The third kappa shape index (κ3) is 4.68. The van der Waals surface area contributed by atoms with Gasteiger partial charge in [-0.2, -0.15) is 0 Å². The SMILES string of the molecule is CCC(=O)Nc1ccc(C)c(NC(=O)CC2Sc3ccccc3NC2=O)c1. The van der Waals surface area contributed by atoms with Crippen LogP contribution in [-0.4, -0.2) is 23.0 Å². The standard InChI is InChI=1S/C20H21N3O3S/c1-3-18(24)21-13-9-8-12(2)15(10-13)22-19(25)11-17-20(26)23-14-6-4-5-7-16(14)27-17/h4-10,17H,3,11H2,1-2H3,(H,21,24)(H,22,25)(H,23,26). The van der Waals surface area contributed by atoms with E-state index in [1.54, 1.807) is 19.1 Å². The Hall–Kier alpha value is -2.80. The van der Waals surface area contributed by atoms with Crippen molar-refractivity contribution < 1.29 is 14.4 Å². The summed E-state index contributed by atoms with van der Waals surface area (Å²) in [5.41, 5.74) is 2.90. The van der Waals surface area contributed by atoms with Crippen LogP contribution in [0.4, 0.5) is 17.1 Å². The summed E-state index contributed by atoms with van der Waals surface area (Å²) in [5.74, 6) is -0.510. The van der Waals surface area contributed by atoms with Crippen LogP contribution >= 0.6 is 11.8 Å². The summed E-state index contributed by atoms with van der Waals surface area (Å²) in [7, 11) is 0. The molecule has 1 aliphatic rings. The fraction of sp³-hybridized carbons (Fsp3) is 0.250. The van der Waals surface area contributed by atoms with Gasteiger partial charge in [0.25, 0.3) is 0 Å². The van der Waals surface area contributed by atoms with Gasteiger partial charge in [0.2, 0.25) is 17.7 Å². The highest BCUT2D eigenvalue weighted by atomic mass is 32.2. The Morgan fingerprint density at radius 2 is 1.89 bits per heavy atom. The Labute approximate surface area is 162 Å². The van der Waals surface area contributed by atoms with E-state index in [0.29, 0.717) is 17.8 Å². The predicted molar refractivity (Wildman–Crippen MR) is 108 cm³/mol. The molecule has 1 atom stereocenters. The van der Waals surface area contributed by atoms with Crippen LogP contribution in [0.1, 0.15) is 25.3 Å². The summed E-state index contributed by atoms with van der Waals surface area (Å²) < 4.78 is 0. The van der Waals surface area contributed by atoms with Crippen LogP contribution in [0.3, 0.4) is 0 Å². The first-order valence-electron chi connectivity index (χ1n) is 8.73. The molecular formula is C20H21N3O3S. The fourth-order valence-electron chi connectivity index (χ4n) is 2.68. The lowest BCUT2D eigenvalue weighted by atomic mass is 10.1. The number of rotatable bonds is 5. The second kappa shape index (κ2) is 8.26. The van der Waals surface area contributed by atoms with Crippen molar-refractivity contribution in [1.82, 2.24) is 0 Å². The van der Waals surface area contributed by atoms with E-state index < -0.39 is 5.25 Å². The Bertz CT molecular complexity index is 898. The van der Waals surface area contributed by atoms with E-state index in [1.165, 1.54) is 11.8 Å². The molecule has 0 bridgehead atoms. The lowest BCUT2D eigenvalue weighted by Crippen LogP contribution is -2.32. The second-order valence-electron chi connectivity index (χ2n) is 6.28. The zero-order valence-corrected chi connectivity index (χ0v) is 16.0. The highest BCUT2D eigenvalue weighted by Gasteiger charge is 2.28. The van der Waals surface area contributed by atoms with Crippen LogP contribution in [0.25, 0.3) is 0 Å². The molecule has 2 aromatic rings. The van der Waals surface area contributed by atoms with E-state index in [-0.39, 0.29) is 24.1 Å². The van der Waals surface area contributed by atoms with Crippen LogP contribution in [0.2, 0.25) is 0 Å². The van der Waals surface area contributed by atoms with Crippen LogP contribution in [0, 0.1) is 6.92 Å². The predicted octanol–water partition coefficient (Wildman–Crippen LogP) is 3.79. The largest absolute Gasteiger partial charge is 0.326 e. The van der Waals surface area contributed by atoms with Crippen LogP contribution in [-0.2, 0) is 14.4 Å². The molecular weight excluding hydrogens is 362 g/mol. The van der Waals surface area contributed by atoms with Gasteiger partial charge in [-0.3, -0.25) is 14.4 Å². The van der Waals surface area contributed by atoms with E-state index >= 15 is 0 Å². The number of anilines is 3. The summed E-state index contributed by atoms with van der Waals surface area (Å²) >= 11 is 1.39. The highest BCUT2D eigenvalue weighted by molar-refractivity contribution is 8.01. The molecule has 0 aliphatic carbocycles. The molecule has 3 amide bonds. The van der Waals surface area contributed by atoms with Gasteiger partial charge in [0.15, 0.2) is 0 Å². The molecule has 7 heteroatoms. The number of nitrogens with one attached hydrogen (secondary N) is 3. The highest BCUT2D eigenvalue weighted by Crippen LogP contribution is 2.36. The Morgan fingerprint density at radius 1 is 1.11 bits per heavy atom. The maximum absolute atomic E-state index is 12.5. The average Bonchev–Trinajstić information content (AvgIpc) is 2.65. The minimum Gasteiger partial charge on any atom is -0.326 e. The maximum atomic E-state index is 12.5. The van der Waals surface area contributed by atoms with Crippen molar-refractivity contribution in [2.24, 2.45) is 0 Å². The molecule has 1 aliphatic heterocycles. The van der Waals surface area contributed by atoms with Crippen molar-refractivity contribution in [2.75, 3.05) is 16.0 Å². The number of fused-ring (bicyclic) bond motifs is 1. The van der Waals surface area contributed by atoms with Crippen molar-refractivity contribution in [3.8, 4) is 0 Å². The number of hydrogen-bond donors (Lipinski definition) is 3. The summed E-state index contributed by atoms with van der Waals surface area (Å²) in [6.07, 6.45) is 0.445. The molecule has 0 saturated carbocycles. The third-order valence-corrected chi connectivity index (χ3v) is 5.47. The van der Waals surface area contributed by atoms with Crippen molar-refractivity contribution >= 4 is 46.5 Å². The molecule has 3 rings (SSSR count). The number of aryl methyl sites for hydroxylation is 1. The first kappa shape index (κ1) is 19.0. The molecule has 0 saturated heterocycles. The fourth-order valence-corrected chi connectivity index (χ4v) is 3.79. The first-order valence-corrected chi connectivity index (χ1v) is 9.61. The van der Waals surface area contributed by atoms with Gasteiger partial charge in [-0.25, -0.2) is 0 Å². The van der Waals surface area contributed by atoms with Crippen LogP contribution in [0.5, 0.6) is 0 Å². The van der Waals surface area contributed by atoms with Gasteiger partial charge in [0, 0.05) is 29.1 Å². The molecule has 0 spiro atoms. The van der Waals surface area contributed by atoms with E-state index in [0.717, 1.165) is 16.1 Å². The van der Waals surface area contributed by atoms with E-state index in [2.05, 4.69) is 16.0 Å². The monoisotopic (exact) mass is 383 g/mol. The summed E-state index contributed by atoms with van der Waals surface area (Å²) in [6.45, 7) is 3.65. The molecule has 6 nitrogen and oxygen atoms in total. The van der Waals surface area contributed by atoms with Gasteiger partial charge in [0.1, 0.15) is 0 Å². The number of thioether (sulfide) groups is 1. The molecule has 27 heavy (non-hydrogen) atoms. The summed E-state index contributed by atoms with van der Waals surface area (Å²) in [6, 6.07) is 12.9. The average molecular weight is 383 g/mol. The van der Waals surface area contributed by atoms with Gasteiger partial charge >= 0.3 is 0 Å². The zero-order chi connectivity index (χ0) is 19.4. The number of para-hydroxylation sites is 1. The zero-order valence-electron chi connectivity index (χ0n) is 15.2. The number of hydrogen-bond acceptors (Lipinski definition) is 4. The number of benzene rings is 2. The molecule has 0 aromatic heterocycles. The summed E-state index contributed by atoms with van der Waals surface area (Å²) in [5, 5.41) is 7.98. The van der Waals surface area contributed by atoms with E-state index in [4.69, 9.17) is 0 Å². The molecule has 1 unspecified atom stereocenters. The van der Waals surface area contributed by atoms with Gasteiger partial charge in [-0.1, -0.05) is 25.1 Å². The Kier molecular flexibility index (Phi) is 5.81. The molecule has 3 N–H and O–H groups in total.